The zero-order valence-corrected chi connectivity index (χ0v) is 22.7. The van der Waals surface area contributed by atoms with Crippen molar-refractivity contribution in [1.29, 1.82) is 5.26 Å². The van der Waals surface area contributed by atoms with Crippen LogP contribution in [0.1, 0.15) is 39.2 Å². The molecule has 1 unspecified atom stereocenters. The fraction of sp³-hybridized carbons (Fsp3) is 0.393. The van der Waals surface area contributed by atoms with E-state index in [2.05, 4.69) is 16.0 Å². The monoisotopic (exact) mass is 564 g/mol. The molecule has 12 heteroatoms. The van der Waals surface area contributed by atoms with Gasteiger partial charge in [0.1, 0.15) is 10.9 Å². The molecule has 2 aliphatic rings. The Balaban J connectivity index is 1.82. The van der Waals surface area contributed by atoms with Crippen LogP contribution in [0.25, 0.3) is 0 Å². The van der Waals surface area contributed by atoms with E-state index in [0.717, 1.165) is 11.3 Å². The molecule has 0 aliphatic carbocycles. The van der Waals surface area contributed by atoms with E-state index in [1.165, 1.54) is 13.2 Å². The van der Waals surface area contributed by atoms with E-state index in [-0.39, 0.29) is 21.7 Å². The van der Waals surface area contributed by atoms with Crippen LogP contribution in [0.4, 0.5) is 10.7 Å². The molecule has 3 aromatic rings. The van der Waals surface area contributed by atoms with Gasteiger partial charge in [-0.15, -0.1) is 0 Å². The van der Waals surface area contributed by atoms with Crippen molar-refractivity contribution in [1.82, 2.24) is 4.98 Å². The summed E-state index contributed by atoms with van der Waals surface area (Å²) in [5.74, 6) is -0.668. The Morgan fingerprint density at radius 1 is 1.18 bits per heavy atom. The first-order valence-corrected chi connectivity index (χ1v) is 13.7. The number of benzene rings is 1. The molecule has 0 N–H and O–H groups in total. The summed E-state index contributed by atoms with van der Waals surface area (Å²) in [7, 11) is 1.24. The van der Waals surface area contributed by atoms with E-state index < -0.39 is 16.5 Å². The number of rotatable bonds is 8. The Morgan fingerprint density at radius 2 is 1.93 bits per heavy atom. The predicted octanol–water partition coefficient (Wildman–Crippen LogP) is 4.30. The van der Waals surface area contributed by atoms with Gasteiger partial charge in [-0.1, -0.05) is 23.5 Å². The average Bonchev–Trinajstić information content (AvgIpc) is 3.47. The van der Waals surface area contributed by atoms with Gasteiger partial charge in [-0.05, 0) is 31.0 Å². The molecule has 5 rings (SSSR count). The summed E-state index contributed by atoms with van der Waals surface area (Å²) in [5, 5.41) is 21.7. The van der Waals surface area contributed by atoms with Crippen molar-refractivity contribution in [3.63, 3.8) is 0 Å². The zero-order valence-electron chi connectivity index (χ0n) is 21.9. The van der Waals surface area contributed by atoms with E-state index in [1.807, 2.05) is 6.07 Å². The van der Waals surface area contributed by atoms with Gasteiger partial charge in [-0.2, -0.15) is 5.26 Å². The lowest BCUT2D eigenvalue weighted by molar-refractivity contribution is -0.380. The molecule has 0 spiro atoms. The first kappa shape index (κ1) is 27.5. The van der Waals surface area contributed by atoms with E-state index in [1.54, 1.807) is 36.5 Å². The smallest absolute Gasteiger partial charge is 0.348 e. The van der Waals surface area contributed by atoms with Gasteiger partial charge in [0.25, 0.3) is 0 Å². The third kappa shape index (κ3) is 5.23. The molecule has 0 amide bonds. The Labute approximate surface area is 235 Å². The predicted molar refractivity (Wildman–Crippen MR) is 146 cm³/mol. The normalized spacial score (nSPS) is 17.4. The summed E-state index contributed by atoms with van der Waals surface area (Å²) in [5.41, 5.74) is 0.763. The molecule has 2 saturated heterocycles. The quantitative estimate of drug-likeness (QED) is 0.221. The van der Waals surface area contributed by atoms with Crippen molar-refractivity contribution in [3.05, 3.63) is 80.3 Å². The highest BCUT2D eigenvalue weighted by molar-refractivity contribution is 7.17. The van der Waals surface area contributed by atoms with Crippen LogP contribution in [0, 0.1) is 27.4 Å². The number of pyridine rings is 1. The number of esters is 1. The van der Waals surface area contributed by atoms with Gasteiger partial charge in [0, 0.05) is 61.7 Å². The minimum Gasteiger partial charge on any atom is -0.465 e. The first-order chi connectivity index (χ1) is 19.5. The van der Waals surface area contributed by atoms with E-state index in [0.29, 0.717) is 74.7 Å². The highest BCUT2D eigenvalue weighted by Crippen LogP contribution is 2.50. The van der Waals surface area contributed by atoms with Gasteiger partial charge in [-0.25, -0.2) is 9.78 Å². The second-order valence-electron chi connectivity index (χ2n) is 9.41. The SMILES string of the molecule is COC(=O)c1sc([N+](=O)[O-])cc1C(Oc1ccccn1)(c1ccc(C#N)c(N2CCOCC2)c1)C1CCOCC1. The number of ether oxygens (including phenoxy) is 4. The lowest BCUT2D eigenvalue weighted by Gasteiger charge is -2.43. The number of nitro groups is 1. The molecule has 11 nitrogen and oxygen atoms in total. The molecular formula is C28H28N4O7S. The maximum atomic E-state index is 13.1. The molecule has 2 fully saturated rings. The van der Waals surface area contributed by atoms with Crippen LogP contribution in [0.2, 0.25) is 0 Å². The largest absolute Gasteiger partial charge is 0.465 e. The fourth-order valence-electron chi connectivity index (χ4n) is 5.40. The van der Waals surface area contributed by atoms with E-state index >= 15 is 0 Å². The van der Waals surface area contributed by atoms with Crippen molar-refractivity contribution in [3.8, 4) is 11.9 Å². The van der Waals surface area contributed by atoms with Crippen LogP contribution in [-0.4, -0.2) is 62.5 Å². The Bertz CT molecular complexity index is 1410. The number of morpholine rings is 1. The zero-order chi connectivity index (χ0) is 28.1. The van der Waals surface area contributed by atoms with Crippen LogP contribution >= 0.6 is 11.3 Å². The van der Waals surface area contributed by atoms with Crippen molar-refractivity contribution in [2.24, 2.45) is 5.92 Å². The molecule has 2 aliphatic heterocycles. The standard InChI is InChI=1S/C28H28N4O7S/c1-36-27(33)26-22(17-25(40-26)32(34)35)28(20-7-12-37-13-8-20,39-24-4-2-3-9-30-24)21-6-5-19(18-29)23(16-21)31-10-14-38-15-11-31/h2-6,9,16-17,20H,7-8,10-15H2,1H3. The topological polar surface area (TPSA) is 137 Å². The number of carbonyl (C=O) groups is 1. The Morgan fingerprint density at radius 3 is 2.58 bits per heavy atom. The number of methoxy groups -OCH3 is 1. The number of aromatic nitrogens is 1. The fourth-order valence-corrected chi connectivity index (χ4v) is 6.34. The first-order valence-electron chi connectivity index (χ1n) is 12.9. The minimum absolute atomic E-state index is 0.0777. The number of nitriles is 1. The Hall–Kier alpha value is -4.05. The van der Waals surface area contributed by atoms with Crippen LogP contribution in [-0.2, 0) is 19.8 Å². The van der Waals surface area contributed by atoms with Crippen LogP contribution in [0.15, 0.2) is 48.7 Å². The Kier molecular flexibility index (Phi) is 8.25. The van der Waals surface area contributed by atoms with Crippen molar-refractivity contribution in [2.45, 2.75) is 18.4 Å². The summed E-state index contributed by atoms with van der Waals surface area (Å²) >= 11 is 0.752. The second kappa shape index (κ2) is 12.0. The molecule has 1 atom stereocenters. The molecule has 2 aromatic heterocycles. The molecule has 40 heavy (non-hydrogen) atoms. The van der Waals surface area contributed by atoms with Crippen molar-refractivity contribution >= 4 is 28.0 Å². The van der Waals surface area contributed by atoms with Gasteiger partial charge < -0.3 is 23.8 Å². The summed E-state index contributed by atoms with van der Waals surface area (Å²) < 4.78 is 23.1. The van der Waals surface area contributed by atoms with Gasteiger partial charge >= 0.3 is 11.0 Å². The van der Waals surface area contributed by atoms with Gasteiger partial charge in [0.05, 0.1) is 36.5 Å². The summed E-state index contributed by atoms with van der Waals surface area (Å²) in [6, 6.07) is 14.4. The number of hydrogen-bond donors (Lipinski definition) is 0. The van der Waals surface area contributed by atoms with Crippen LogP contribution in [0.3, 0.4) is 0 Å². The number of nitrogens with zero attached hydrogens (tertiary/aromatic N) is 4. The number of hydrogen-bond acceptors (Lipinski definition) is 11. The molecule has 0 radical (unpaired) electrons. The van der Waals surface area contributed by atoms with Crippen LogP contribution < -0.4 is 9.64 Å². The number of thiophene rings is 1. The number of anilines is 1. The minimum atomic E-state index is -1.39. The summed E-state index contributed by atoms with van der Waals surface area (Å²) in [6.45, 7) is 3.14. The van der Waals surface area contributed by atoms with Gasteiger partial charge in [0.15, 0.2) is 5.60 Å². The summed E-state index contributed by atoms with van der Waals surface area (Å²) in [6.07, 6.45) is 2.72. The molecule has 0 saturated carbocycles. The van der Waals surface area contributed by atoms with Crippen molar-refractivity contribution in [2.75, 3.05) is 51.5 Å². The maximum Gasteiger partial charge on any atom is 0.348 e. The third-order valence-electron chi connectivity index (χ3n) is 7.27. The lowest BCUT2D eigenvalue weighted by Crippen LogP contribution is -2.46. The maximum absolute atomic E-state index is 13.1. The van der Waals surface area contributed by atoms with Gasteiger partial charge in [0.2, 0.25) is 5.88 Å². The molecule has 1 aromatic carbocycles. The van der Waals surface area contributed by atoms with E-state index in [4.69, 9.17) is 18.9 Å². The molecule has 0 bridgehead atoms. The van der Waals surface area contributed by atoms with E-state index in [9.17, 15) is 20.2 Å². The van der Waals surface area contributed by atoms with Crippen molar-refractivity contribution < 1.29 is 28.7 Å². The highest BCUT2D eigenvalue weighted by atomic mass is 32.1. The highest BCUT2D eigenvalue weighted by Gasteiger charge is 2.50. The van der Waals surface area contributed by atoms with Crippen LogP contribution in [0.5, 0.6) is 5.88 Å². The number of carbonyl (C=O) groups excluding carboxylic acids is 1. The average molecular weight is 565 g/mol. The molecule has 4 heterocycles. The summed E-state index contributed by atoms with van der Waals surface area (Å²) in [4.78, 5) is 31.1. The second-order valence-corrected chi connectivity index (χ2v) is 10.4. The van der Waals surface area contributed by atoms with Gasteiger partial charge in [-0.3, -0.25) is 10.1 Å². The molecular weight excluding hydrogens is 536 g/mol. The molecule has 208 valence electrons. The third-order valence-corrected chi connectivity index (χ3v) is 8.34. The lowest BCUT2D eigenvalue weighted by atomic mass is 9.72.